The Kier molecular flexibility index (Phi) is 4.07. The maximum absolute atomic E-state index is 13.4. The zero-order valence-corrected chi connectivity index (χ0v) is 10.0. The number of rotatable bonds is 4. The highest BCUT2D eigenvalue weighted by Gasteiger charge is 2.06. The van der Waals surface area contributed by atoms with Gasteiger partial charge >= 0.3 is 0 Å². The first-order chi connectivity index (χ1) is 9.20. The molecule has 0 heterocycles. The minimum absolute atomic E-state index is 0.00153. The quantitative estimate of drug-likeness (QED) is 0.523. The Hall–Kier alpha value is -2.43. The summed E-state index contributed by atoms with van der Waals surface area (Å²) in [6.07, 6.45) is 1.34. The molecule has 0 aliphatic rings. The van der Waals surface area contributed by atoms with Crippen molar-refractivity contribution in [3.8, 4) is 5.75 Å². The van der Waals surface area contributed by atoms with E-state index >= 15 is 0 Å². The molecule has 98 valence electrons. The number of hydrogen-bond donors (Lipinski definition) is 1. The molecule has 0 bridgehead atoms. The van der Waals surface area contributed by atoms with Gasteiger partial charge in [-0.3, -0.25) is 0 Å². The zero-order chi connectivity index (χ0) is 13.7. The number of hydrazone groups is 1. The van der Waals surface area contributed by atoms with Crippen molar-refractivity contribution >= 4 is 6.21 Å². The molecular weight excluding hydrogens is 250 g/mol. The third kappa shape index (κ3) is 3.28. The lowest BCUT2D eigenvalue weighted by Gasteiger charge is -2.09. The van der Waals surface area contributed by atoms with Crippen molar-refractivity contribution in [2.45, 2.75) is 6.61 Å². The first kappa shape index (κ1) is 13.0. The van der Waals surface area contributed by atoms with Crippen LogP contribution in [-0.4, -0.2) is 6.21 Å². The summed E-state index contributed by atoms with van der Waals surface area (Å²) in [5, 5.41) is 3.37. The second kappa shape index (κ2) is 5.95. The van der Waals surface area contributed by atoms with Crippen molar-refractivity contribution in [3.63, 3.8) is 0 Å². The van der Waals surface area contributed by atoms with Gasteiger partial charge in [0.15, 0.2) is 0 Å². The molecule has 0 radical (unpaired) electrons. The van der Waals surface area contributed by atoms with Crippen LogP contribution in [0.3, 0.4) is 0 Å². The molecule has 2 aromatic rings. The molecule has 0 aliphatic heterocycles. The highest BCUT2D eigenvalue weighted by molar-refractivity contribution is 5.83. The molecule has 0 atom stereocenters. The molecule has 0 aliphatic carbocycles. The van der Waals surface area contributed by atoms with Crippen LogP contribution < -0.4 is 10.6 Å². The summed E-state index contributed by atoms with van der Waals surface area (Å²) in [5.41, 5.74) is 0.919. The number of nitrogens with two attached hydrogens (primary N) is 1. The van der Waals surface area contributed by atoms with Gasteiger partial charge in [0, 0.05) is 17.2 Å². The maximum Gasteiger partial charge on any atom is 0.131 e. The molecular formula is C14H12F2N2O. The average molecular weight is 262 g/mol. The fourth-order valence-electron chi connectivity index (χ4n) is 1.59. The molecule has 0 saturated carbocycles. The van der Waals surface area contributed by atoms with Crippen LogP contribution in [0.5, 0.6) is 5.75 Å². The smallest absolute Gasteiger partial charge is 0.131 e. The van der Waals surface area contributed by atoms with Crippen molar-refractivity contribution in [2.24, 2.45) is 10.9 Å². The van der Waals surface area contributed by atoms with Gasteiger partial charge in [-0.05, 0) is 18.2 Å². The molecule has 0 saturated heterocycles. The molecule has 0 fully saturated rings. The summed E-state index contributed by atoms with van der Waals surface area (Å²) in [6.45, 7) is 0.00153. The Bertz CT molecular complexity index is 600. The van der Waals surface area contributed by atoms with E-state index < -0.39 is 5.82 Å². The maximum atomic E-state index is 13.4. The lowest BCUT2D eigenvalue weighted by atomic mass is 10.2. The van der Waals surface area contributed by atoms with Gasteiger partial charge in [-0.15, -0.1) is 0 Å². The summed E-state index contributed by atoms with van der Waals surface area (Å²) in [7, 11) is 0. The summed E-state index contributed by atoms with van der Waals surface area (Å²) >= 11 is 0. The van der Waals surface area contributed by atoms with Gasteiger partial charge in [0.25, 0.3) is 0 Å². The average Bonchev–Trinajstić information content (AvgIpc) is 2.41. The molecule has 0 amide bonds. The number of nitrogens with zero attached hydrogens (tertiary/aromatic N) is 1. The van der Waals surface area contributed by atoms with Crippen LogP contribution in [0.4, 0.5) is 8.78 Å². The SMILES string of the molecule is NN=Cc1ccc(F)cc1OCc1ccccc1F. The standard InChI is InChI=1S/C14H12F2N2O/c15-12-6-5-10(8-18-17)14(7-12)19-9-11-3-1-2-4-13(11)16/h1-8H,9,17H2. The molecule has 3 nitrogen and oxygen atoms in total. The van der Waals surface area contributed by atoms with Crippen LogP contribution in [0.2, 0.25) is 0 Å². The molecule has 19 heavy (non-hydrogen) atoms. The van der Waals surface area contributed by atoms with Gasteiger partial charge in [-0.1, -0.05) is 18.2 Å². The van der Waals surface area contributed by atoms with E-state index in [1.165, 1.54) is 30.5 Å². The minimum Gasteiger partial charge on any atom is -0.488 e. The third-order valence-corrected chi connectivity index (χ3v) is 2.53. The van der Waals surface area contributed by atoms with Crippen molar-refractivity contribution < 1.29 is 13.5 Å². The molecule has 0 spiro atoms. The zero-order valence-electron chi connectivity index (χ0n) is 10.0. The van der Waals surface area contributed by atoms with Gasteiger partial charge in [-0.2, -0.15) is 5.10 Å². The minimum atomic E-state index is -0.447. The lowest BCUT2D eigenvalue weighted by Crippen LogP contribution is -2.01. The molecule has 0 unspecified atom stereocenters. The highest BCUT2D eigenvalue weighted by Crippen LogP contribution is 2.20. The van der Waals surface area contributed by atoms with Crippen LogP contribution >= 0.6 is 0 Å². The van der Waals surface area contributed by atoms with E-state index in [0.29, 0.717) is 11.1 Å². The van der Waals surface area contributed by atoms with Gasteiger partial charge < -0.3 is 10.6 Å². The van der Waals surface area contributed by atoms with Crippen LogP contribution in [0.15, 0.2) is 47.6 Å². The number of benzene rings is 2. The van der Waals surface area contributed by atoms with Crippen LogP contribution in [0, 0.1) is 11.6 Å². The van der Waals surface area contributed by atoms with Gasteiger partial charge in [0.2, 0.25) is 0 Å². The Morgan fingerprint density at radius 3 is 2.68 bits per heavy atom. The molecule has 5 heteroatoms. The van der Waals surface area contributed by atoms with Crippen molar-refractivity contribution in [3.05, 3.63) is 65.2 Å². The highest BCUT2D eigenvalue weighted by atomic mass is 19.1. The van der Waals surface area contributed by atoms with Crippen molar-refractivity contribution in [1.82, 2.24) is 0 Å². The Balaban J connectivity index is 2.19. The first-order valence-corrected chi connectivity index (χ1v) is 5.59. The largest absolute Gasteiger partial charge is 0.488 e. The second-order valence-corrected chi connectivity index (χ2v) is 3.84. The third-order valence-electron chi connectivity index (χ3n) is 2.53. The van der Waals surface area contributed by atoms with E-state index in [2.05, 4.69) is 5.10 Å². The Morgan fingerprint density at radius 1 is 1.16 bits per heavy atom. The first-order valence-electron chi connectivity index (χ1n) is 5.59. The fourth-order valence-corrected chi connectivity index (χ4v) is 1.59. The Labute approximate surface area is 109 Å². The van der Waals surface area contributed by atoms with Crippen LogP contribution in [-0.2, 0) is 6.61 Å². The Morgan fingerprint density at radius 2 is 1.95 bits per heavy atom. The monoisotopic (exact) mass is 262 g/mol. The van der Waals surface area contributed by atoms with E-state index in [9.17, 15) is 8.78 Å². The van der Waals surface area contributed by atoms with E-state index in [1.54, 1.807) is 18.2 Å². The summed E-state index contributed by atoms with van der Waals surface area (Å²) < 4.78 is 32.0. The topological polar surface area (TPSA) is 47.6 Å². The van der Waals surface area contributed by atoms with Crippen LogP contribution in [0.1, 0.15) is 11.1 Å². The lowest BCUT2D eigenvalue weighted by molar-refractivity contribution is 0.298. The molecule has 2 N–H and O–H groups in total. The van der Waals surface area contributed by atoms with Crippen LogP contribution in [0.25, 0.3) is 0 Å². The number of halogens is 2. The van der Waals surface area contributed by atoms with E-state index in [4.69, 9.17) is 10.6 Å². The van der Waals surface area contributed by atoms with Gasteiger partial charge in [0.1, 0.15) is 24.0 Å². The summed E-state index contributed by atoms with van der Waals surface area (Å²) in [5.74, 6) is 4.51. The summed E-state index contributed by atoms with van der Waals surface area (Å²) in [4.78, 5) is 0. The van der Waals surface area contributed by atoms with E-state index in [1.807, 2.05) is 0 Å². The van der Waals surface area contributed by atoms with E-state index in [0.717, 1.165) is 0 Å². The fraction of sp³-hybridized carbons (Fsp3) is 0.0714. The molecule has 2 rings (SSSR count). The van der Waals surface area contributed by atoms with Gasteiger partial charge in [0.05, 0.1) is 6.21 Å². The second-order valence-electron chi connectivity index (χ2n) is 3.84. The number of hydrogen-bond acceptors (Lipinski definition) is 3. The number of ether oxygens (including phenoxy) is 1. The summed E-state index contributed by atoms with van der Waals surface area (Å²) in [6, 6.07) is 10.2. The van der Waals surface area contributed by atoms with Crippen molar-refractivity contribution in [2.75, 3.05) is 0 Å². The normalized spacial score (nSPS) is 10.8. The predicted molar refractivity (Wildman–Crippen MR) is 68.9 cm³/mol. The molecule has 0 aromatic heterocycles. The van der Waals surface area contributed by atoms with Crippen molar-refractivity contribution in [1.29, 1.82) is 0 Å². The van der Waals surface area contributed by atoms with Gasteiger partial charge in [-0.25, -0.2) is 8.78 Å². The van der Waals surface area contributed by atoms with E-state index in [-0.39, 0.29) is 18.2 Å². The molecule has 2 aromatic carbocycles. The predicted octanol–water partition coefficient (Wildman–Crippen LogP) is 2.84.